The van der Waals surface area contributed by atoms with Gasteiger partial charge in [0.05, 0.1) is 0 Å². The molecule has 0 aromatic carbocycles. The molecule has 0 amide bonds. The second-order valence-corrected chi connectivity index (χ2v) is 4.82. The van der Waals surface area contributed by atoms with Crippen LogP contribution in [-0.4, -0.2) is 26.3 Å². The van der Waals surface area contributed by atoms with E-state index < -0.39 is 8.80 Å². The van der Waals surface area contributed by atoms with Gasteiger partial charge in [-0.1, -0.05) is 0 Å². The van der Waals surface area contributed by atoms with Crippen LogP contribution < -0.4 is 0 Å². The molecule has 3 nitrogen and oxygen atoms in total. The van der Waals surface area contributed by atoms with Crippen molar-refractivity contribution in [1.29, 1.82) is 0 Å². The topological polar surface area (TPSA) is 38.7 Å². The first-order valence-corrected chi connectivity index (χ1v) is 5.78. The largest absolute Gasteiger partial charge is 0.495 e. The van der Waals surface area contributed by atoms with Gasteiger partial charge >= 0.3 is 8.80 Å². The van der Waals surface area contributed by atoms with E-state index >= 15 is 0 Å². The Labute approximate surface area is 63.3 Å². The molecular formula is C6H16O3Si. The molecule has 0 aromatic heterocycles. The monoisotopic (exact) mass is 164 g/mol. The van der Waals surface area contributed by atoms with Crippen LogP contribution in [-0.2, 0) is 8.85 Å². The number of hydrogen-bond donors (Lipinski definition) is 1. The Morgan fingerprint density at radius 2 is 2.00 bits per heavy atom. The third-order valence-electron chi connectivity index (χ3n) is 0.867. The van der Waals surface area contributed by atoms with Crippen molar-refractivity contribution in [2.24, 2.45) is 0 Å². The fraction of sp³-hybridized carbons (Fsp3) is 1.00. The Morgan fingerprint density at radius 1 is 1.50 bits per heavy atom. The van der Waals surface area contributed by atoms with Crippen molar-refractivity contribution >= 4 is 8.80 Å². The summed E-state index contributed by atoms with van der Waals surface area (Å²) >= 11 is 0. The SMILES string of the molecule is CCO[Si](C)(O)OC(C)C. The lowest BCUT2D eigenvalue weighted by Crippen LogP contribution is -2.41. The average Bonchev–Trinajstić information content (AvgIpc) is 1.59. The van der Waals surface area contributed by atoms with Crippen molar-refractivity contribution in [3.8, 4) is 0 Å². The average molecular weight is 164 g/mol. The molecule has 0 bridgehead atoms. The molecule has 62 valence electrons. The van der Waals surface area contributed by atoms with E-state index in [1.165, 1.54) is 0 Å². The van der Waals surface area contributed by atoms with Crippen LogP contribution >= 0.6 is 0 Å². The molecule has 1 unspecified atom stereocenters. The van der Waals surface area contributed by atoms with E-state index in [0.717, 1.165) is 0 Å². The standard InChI is InChI=1S/C6H16O3Si/c1-5-8-10(4,7)9-6(2)3/h6-7H,5H2,1-4H3. The second kappa shape index (κ2) is 4.08. The van der Waals surface area contributed by atoms with Crippen LogP contribution in [0.1, 0.15) is 20.8 Å². The molecular weight excluding hydrogens is 148 g/mol. The van der Waals surface area contributed by atoms with Crippen molar-refractivity contribution in [3.05, 3.63) is 0 Å². The van der Waals surface area contributed by atoms with Crippen LogP contribution in [0.25, 0.3) is 0 Å². The maximum atomic E-state index is 9.38. The summed E-state index contributed by atoms with van der Waals surface area (Å²) in [5.74, 6) is 0. The zero-order valence-corrected chi connectivity index (χ0v) is 8.05. The highest BCUT2D eigenvalue weighted by Crippen LogP contribution is 2.05. The summed E-state index contributed by atoms with van der Waals surface area (Å²) in [5.41, 5.74) is 0. The van der Waals surface area contributed by atoms with E-state index in [0.29, 0.717) is 6.61 Å². The van der Waals surface area contributed by atoms with Crippen molar-refractivity contribution < 1.29 is 13.6 Å². The van der Waals surface area contributed by atoms with Gasteiger partial charge in [-0.15, -0.1) is 0 Å². The van der Waals surface area contributed by atoms with Gasteiger partial charge in [-0.3, -0.25) is 0 Å². The van der Waals surface area contributed by atoms with Gasteiger partial charge < -0.3 is 13.6 Å². The fourth-order valence-electron chi connectivity index (χ4n) is 0.739. The number of rotatable bonds is 4. The van der Waals surface area contributed by atoms with Crippen LogP contribution in [0.15, 0.2) is 0 Å². The predicted molar refractivity (Wildman–Crippen MR) is 41.7 cm³/mol. The minimum Gasteiger partial charge on any atom is -0.390 e. The maximum absolute atomic E-state index is 9.38. The van der Waals surface area contributed by atoms with Crippen molar-refractivity contribution in [2.75, 3.05) is 6.61 Å². The third kappa shape index (κ3) is 4.93. The normalized spacial score (nSPS) is 17.4. The Balaban J connectivity index is 3.63. The molecule has 0 aliphatic heterocycles. The molecule has 0 fully saturated rings. The van der Waals surface area contributed by atoms with E-state index in [9.17, 15) is 4.80 Å². The quantitative estimate of drug-likeness (QED) is 0.630. The van der Waals surface area contributed by atoms with Crippen LogP contribution in [0, 0.1) is 0 Å². The van der Waals surface area contributed by atoms with Crippen molar-refractivity contribution in [2.45, 2.75) is 33.4 Å². The van der Waals surface area contributed by atoms with E-state index in [1.807, 2.05) is 20.8 Å². The molecule has 0 aromatic rings. The van der Waals surface area contributed by atoms with Crippen LogP contribution in [0.2, 0.25) is 6.55 Å². The van der Waals surface area contributed by atoms with E-state index in [2.05, 4.69) is 0 Å². The van der Waals surface area contributed by atoms with Crippen molar-refractivity contribution in [3.63, 3.8) is 0 Å². The molecule has 0 saturated heterocycles. The third-order valence-corrected chi connectivity index (χ3v) is 2.60. The van der Waals surface area contributed by atoms with Crippen molar-refractivity contribution in [1.82, 2.24) is 0 Å². The molecule has 0 aliphatic rings. The highest BCUT2D eigenvalue weighted by Gasteiger charge is 2.30. The van der Waals surface area contributed by atoms with Gasteiger partial charge in [0.15, 0.2) is 0 Å². The molecule has 0 radical (unpaired) electrons. The summed E-state index contributed by atoms with van der Waals surface area (Å²) in [6, 6.07) is 0. The van der Waals surface area contributed by atoms with Gasteiger partial charge in [0, 0.05) is 19.3 Å². The smallest absolute Gasteiger partial charge is 0.390 e. The summed E-state index contributed by atoms with van der Waals surface area (Å²) in [5, 5.41) is 0. The van der Waals surface area contributed by atoms with E-state index in [-0.39, 0.29) is 6.10 Å². The van der Waals surface area contributed by atoms with Gasteiger partial charge in [0.25, 0.3) is 0 Å². The summed E-state index contributed by atoms with van der Waals surface area (Å²) < 4.78 is 10.2. The van der Waals surface area contributed by atoms with E-state index in [4.69, 9.17) is 8.85 Å². The highest BCUT2D eigenvalue weighted by atomic mass is 28.4. The zero-order valence-electron chi connectivity index (χ0n) is 7.05. The Morgan fingerprint density at radius 3 is 2.30 bits per heavy atom. The van der Waals surface area contributed by atoms with Crippen LogP contribution in [0.4, 0.5) is 0 Å². The summed E-state index contributed by atoms with van der Waals surface area (Å²) in [4.78, 5) is 9.38. The zero-order chi connectivity index (χ0) is 8.20. The first-order chi connectivity index (χ1) is 4.48. The molecule has 10 heavy (non-hydrogen) atoms. The minimum atomic E-state index is -2.77. The molecule has 0 rings (SSSR count). The lowest BCUT2D eigenvalue weighted by Gasteiger charge is -2.21. The molecule has 0 heterocycles. The molecule has 1 N–H and O–H groups in total. The lowest BCUT2D eigenvalue weighted by molar-refractivity contribution is 0.0805. The van der Waals surface area contributed by atoms with Crippen LogP contribution in [0.5, 0.6) is 0 Å². The molecule has 0 spiro atoms. The van der Waals surface area contributed by atoms with Gasteiger partial charge in [0.2, 0.25) is 0 Å². The molecule has 0 saturated carbocycles. The predicted octanol–water partition coefficient (Wildman–Crippen LogP) is 1.01. The second-order valence-electron chi connectivity index (χ2n) is 2.50. The summed E-state index contributed by atoms with van der Waals surface area (Å²) in [6.45, 7) is 7.72. The van der Waals surface area contributed by atoms with Crippen LogP contribution in [0.3, 0.4) is 0 Å². The van der Waals surface area contributed by atoms with Gasteiger partial charge in [-0.05, 0) is 20.8 Å². The highest BCUT2D eigenvalue weighted by molar-refractivity contribution is 6.57. The Kier molecular flexibility index (Phi) is 4.11. The summed E-state index contributed by atoms with van der Waals surface area (Å²) in [6.07, 6.45) is 0.0354. The Hall–Kier alpha value is 0.0969. The first-order valence-electron chi connectivity index (χ1n) is 3.52. The first kappa shape index (κ1) is 10.1. The maximum Gasteiger partial charge on any atom is 0.495 e. The van der Waals surface area contributed by atoms with Gasteiger partial charge in [-0.25, -0.2) is 0 Å². The fourth-order valence-corrected chi connectivity index (χ4v) is 2.22. The van der Waals surface area contributed by atoms with Gasteiger partial charge in [0.1, 0.15) is 0 Å². The molecule has 0 aliphatic carbocycles. The number of hydrogen-bond acceptors (Lipinski definition) is 3. The Bertz CT molecular complexity index is 93.0. The lowest BCUT2D eigenvalue weighted by atomic mass is 10.5. The van der Waals surface area contributed by atoms with Gasteiger partial charge in [-0.2, -0.15) is 0 Å². The minimum absolute atomic E-state index is 0.0354. The van der Waals surface area contributed by atoms with E-state index in [1.54, 1.807) is 6.55 Å². The molecule has 4 heteroatoms. The summed E-state index contributed by atoms with van der Waals surface area (Å²) in [7, 11) is -2.77. The molecule has 1 atom stereocenters.